The number of benzene rings is 1. The maximum atomic E-state index is 12.2. The predicted molar refractivity (Wildman–Crippen MR) is 104 cm³/mol. The molecular formula is C18H23N3OS2. The van der Waals surface area contributed by atoms with Crippen LogP contribution < -0.4 is 5.32 Å². The summed E-state index contributed by atoms with van der Waals surface area (Å²) < 4.78 is 0. The van der Waals surface area contributed by atoms with Crippen molar-refractivity contribution in [3.63, 3.8) is 0 Å². The van der Waals surface area contributed by atoms with Crippen LogP contribution in [0.15, 0.2) is 17.5 Å². The summed E-state index contributed by atoms with van der Waals surface area (Å²) >= 11 is 3.44. The van der Waals surface area contributed by atoms with Crippen LogP contribution in [0.1, 0.15) is 16.7 Å². The number of amides is 1. The largest absolute Gasteiger partial charge is 0.301 e. The number of aromatic nitrogens is 1. The zero-order valence-corrected chi connectivity index (χ0v) is 16.0. The predicted octanol–water partition coefficient (Wildman–Crippen LogP) is 3.72. The van der Waals surface area contributed by atoms with Gasteiger partial charge in [-0.2, -0.15) is 11.8 Å². The van der Waals surface area contributed by atoms with Crippen molar-refractivity contribution in [2.75, 3.05) is 36.5 Å². The van der Waals surface area contributed by atoms with Crippen molar-refractivity contribution in [1.29, 1.82) is 0 Å². The third-order valence-corrected chi connectivity index (χ3v) is 6.04. The van der Waals surface area contributed by atoms with Crippen molar-refractivity contribution in [2.45, 2.75) is 20.8 Å². The molecule has 3 rings (SSSR count). The normalized spacial score (nSPS) is 15.5. The molecule has 1 saturated heterocycles. The molecule has 0 bridgehead atoms. The average Bonchev–Trinajstić information content (AvgIpc) is 3.00. The van der Waals surface area contributed by atoms with Crippen LogP contribution in [0.4, 0.5) is 5.13 Å². The number of nitrogens with one attached hydrogen (secondary N) is 1. The van der Waals surface area contributed by atoms with Crippen molar-refractivity contribution in [2.24, 2.45) is 0 Å². The van der Waals surface area contributed by atoms with E-state index in [1.54, 1.807) is 0 Å². The summed E-state index contributed by atoms with van der Waals surface area (Å²) in [6.45, 7) is 8.78. The third kappa shape index (κ3) is 4.18. The number of anilines is 1. The maximum Gasteiger partial charge on any atom is 0.240 e. The Morgan fingerprint density at radius 1 is 1.17 bits per heavy atom. The molecule has 128 valence electrons. The number of rotatable bonds is 4. The smallest absolute Gasteiger partial charge is 0.240 e. The molecule has 0 aliphatic carbocycles. The molecule has 6 heteroatoms. The Labute approximate surface area is 151 Å². The summed E-state index contributed by atoms with van der Waals surface area (Å²) in [5.74, 6) is 2.25. The molecule has 1 aromatic carbocycles. The zero-order valence-electron chi connectivity index (χ0n) is 14.4. The Balaban J connectivity index is 1.67. The molecule has 0 radical (unpaired) electrons. The van der Waals surface area contributed by atoms with Crippen LogP contribution in [-0.4, -0.2) is 46.9 Å². The molecule has 0 unspecified atom stereocenters. The van der Waals surface area contributed by atoms with Gasteiger partial charge in [0.05, 0.1) is 12.2 Å². The second kappa shape index (κ2) is 7.68. The van der Waals surface area contributed by atoms with Crippen LogP contribution in [0.25, 0.3) is 11.3 Å². The molecule has 1 aliphatic rings. The van der Waals surface area contributed by atoms with Crippen molar-refractivity contribution in [3.8, 4) is 11.3 Å². The highest BCUT2D eigenvalue weighted by Gasteiger charge is 2.15. The van der Waals surface area contributed by atoms with Crippen LogP contribution in [0.5, 0.6) is 0 Å². The van der Waals surface area contributed by atoms with Gasteiger partial charge in [0.2, 0.25) is 5.91 Å². The van der Waals surface area contributed by atoms with Gasteiger partial charge in [0.15, 0.2) is 5.13 Å². The van der Waals surface area contributed by atoms with E-state index in [9.17, 15) is 4.79 Å². The highest BCUT2D eigenvalue weighted by molar-refractivity contribution is 7.99. The Hall–Kier alpha value is -1.37. The van der Waals surface area contributed by atoms with Gasteiger partial charge in [0.1, 0.15) is 0 Å². The zero-order chi connectivity index (χ0) is 17.1. The number of hydrogen-bond acceptors (Lipinski definition) is 5. The third-order valence-electron chi connectivity index (χ3n) is 4.34. The second-order valence-corrected chi connectivity index (χ2v) is 8.31. The van der Waals surface area contributed by atoms with E-state index < -0.39 is 0 Å². The molecule has 1 fully saturated rings. The number of carbonyl (C=O) groups excluding carboxylic acids is 1. The van der Waals surface area contributed by atoms with E-state index in [4.69, 9.17) is 0 Å². The lowest BCUT2D eigenvalue weighted by Gasteiger charge is -2.25. The fourth-order valence-electron chi connectivity index (χ4n) is 2.81. The molecule has 2 heterocycles. The van der Waals surface area contributed by atoms with Crippen LogP contribution in [0.2, 0.25) is 0 Å². The van der Waals surface area contributed by atoms with Crippen LogP contribution in [0, 0.1) is 20.8 Å². The minimum Gasteiger partial charge on any atom is -0.301 e. The average molecular weight is 362 g/mol. The lowest BCUT2D eigenvalue weighted by Crippen LogP contribution is -2.38. The minimum absolute atomic E-state index is 0.0274. The molecule has 2 aromatic rings. The van der Waals surface area contributed by atoms with Crippen molar-refractivity contribution < 1.29 is 4.79 Å². The molecule has 0 atom stereocenters. The van der Waals surface area contributed by atoms with Gasteiger partial charge in [-0.15, -0.1) is 11.3 Å². The second-order valence-electron chi connectivity index (χ2n) is 6.23. The van der Waals surface area contributed by atoms with Gasteiger partial charge in [-0.05, 0) is 43.5 Å². The fourth-order valence-corrected chi connectivity index (χ4v) is 4.52. The Morgan fingerprint density at radius 2 is 1.88 bits per heavy atom. The van der Waals surface area contributed by atoms with Gasteiger partial charge >= 0.3 is 0 Å². The standard InChI is InChI=1S/C18H23N3OS2/c1-12-8-14(3)15(9-13(12)2)16-11-24-18(19-16)20-17(22)10-21-4-6-23-7-5-21/h8-9,11H,4-7,10H2,1-3H3,(H,19,20,22). The van der Waals surface area contributed by atoms with Gasteiger partial charge in [0, 0.05) is 35.5 Å². The van der Waals surface area contributed by atoms with Crippen molar-refractivity contribution >= 4 is 34.1 Å². The number of hydrogen-bond donors (Lipinski definition) is 1. The van der Waals surface area contributed by atoms with Gasteiger partial charge in [-0.1, -0.05) is 6.07 Å². The number of nitrogens with zero attached hydrogens (tertiary/aromatic N) is 2. The first-order valence-corrected chi connectivity index (χ1v) is 10.2. The van der Waals surface area contributed by atoms with Crippen LogP contribution in [-0.2, 0) is 4.79 Å². The number of carbonyl (C=O) groups is 1. The first-order valence-electron chi connectivity index (χ1n) is 8.16. The highest BCUT2D eigenvalue weighted by atomic mass is 32.2. The van der Waals surface area contributed by atoms with Gasteiger partial charge in [-0.25, -0.2) is 4.98 Å². The summed E-state index contributed by atoms with van der Waals surface area (Å²) in [5.41, 5.74) is 5.84. The van der Waals surface area contributed by atoms with E-state index in [0.717, 1.165) is 35.9 Å². The quantitative estimate of drug-likeness (QED) is 0.901. The summed E-state index contributed by atoms with van der Waals surface area (Å²) in [5, 5.41) is 5.64. The van der Waals surface area contributed by atoms with Crippen molar-refractivity contribution in [1.82, 2.24) is 9.88 Å². The summed E-state index contributed by atoms with van der Waals surface area (Å²) in [7, 11) is 0. The summed E-state index contributed by atoms with van der Waals surface area (Å²) in [4.78, 5) is 19.0. The van der Waals surface area contributed by atoms with Crippen LogP contribution >= 0.6 is 23.1 Å². The first-order chi connectivity index (χ1) is 11.5. The Morgan fingerprint density at radius 3 is 2.62 bits per heavy atom. The molecule has 1 amide bonds. The van der Waals surface area contributed by atoms with Crippen LogP contribution in [0.3, 0.4) is 0 Å². The lowest BCUT2D eigenvalue weighted by atomic mass is 9.99. The van der Waals surface area contributed by atoms with E-state index in [2.05, 4.69) is 48.1 Å². The number of aryl methyl sites for hydroxylation is 3. The summed E-state index contributed by atoms with van der Waals surface area (Å²) in [6, 6.07) is 4.37. The number of thiazole rings is 1. The Bertz CT molecular complexity index is 736. The molecule has 0 spiro atoms. The lowest BCUT2D eigenvalue weighted by molar-refractivity contribution is -0.117. The fraction of sp³-hybridized carbons (Fsp3) is 0.444. The maximum absolute atomic E-state index is 12.2. The topological polar surface area (TPSA) is 45.2 Å². The minimum atomic E-state index is 0.0274. The van der Waals surface area contributed by atoms with E-state index >= 15 is 0 Å². The molecular weight excluding hydrogens is 338 g/mol. The van der Waals surface area contributed by atoms with E-state index in [0.29, 0.717) is 11.7 Å². The molecule has 4 nitrogen and oxygen atoms in total. The van der Waals surface area contributed by atoms with Gasteiger partial charge in [-0.3, -0.25) is 9.69 Å². The number of thioether (sulfide) groups is 1. The Kier molecular flexibility index (Phi) is 5.58. The molecule has 1 N–H and O–H groups in total. The van der Waals surface area contributed by atoms with E-state index in [-0.39, 0.29) is 5.91 Å². The van der Waals surface area contributed by atoms with Crippen molar-refractivity contribution in [3.05, 3.63) is 34.2 Å². The van der Waals surface area contributed by atoms with Gasteiger partial charge < -0.3 is 5.32 Å². The molecule has 1 aliphatic heterocycles. The monoisotopic (exact) mass is 361 g/mol. The van der Waals surface area contributed by atoms with E-state index in [1.807, 2.05) is 17.1 Å². The molecule has 1 aromatic heterocycles. The SMILES string of the molecule is Cc1cc(C)c(-c2csc(NC(=O)CN3CCSCC3)n2)cc1C. The molecule has 0 saturated carbocycles. The molecule has 24 heavy (non-hydrogen) atoms. The first kappa shape index (κ1) is 17.5. The van der Waals surface area contributed by atoms with Gasteiger partial charge in [0.25, 0.3) is 0 Å². The summed E-state index contributed by atoms with van der Waals surface area (Å²) in [6.07, 6.45) is 0. The van der Waals surface area contributed by atoms with E-state index in [1.165, 1.54) is 28.0 Å². The highest BCUT2D eigenvalue weighted by Crippen LogP contribution is 2.29.